The van der Waals surface area contributed by atoms with Gasteiger partial charge < -0.3 is 61.3 Å². The van der Waals surface area contributed by atoms with Crippen molar-refractivity contribution in [2.24, 2.45) is 52.8 Å². The molecule has 4 aromatic rings. The molecule has 504 valence electrons. The van der Waals surface area contributed by atoms with Crippen molar-refractivity contribution >= 4 is 23.9 Å². The highest BCUT2D eigenvalue weighted by Gasteiger charge is 2.27. The van der Waals surface area contributed by atoms with Crippen molar-refractivity contribution in [1.29, 1.82) is 0 Å². The molecule has 0 heterocycles. The first kappa shape index (κ1) is 82.8. The number of aromatic hydroxyl groups is 4. The fraction of sp³-hybridized carbons (Fsp3) is 0.616. The maximum Gasteiger partial charge on any atom is 0.303 e. The molecule has 0 saturated heterocycles. The average Bonchev–Trinajstić information content (AvgIpc) is 1.19. The van der Waals surface area contributed by atoms with Crippen molar-refractivity contribution < 1.29 is 80.5 Å². The summed E-state index contributed by atoms with van der Waals surface area (Å²) >= 11 is 0. The molecular formula is C73H116O16. The average molecular weight is 1250 g/mol. The molecule has 0 aliphatic heterocycles. The summed E-state index contributed by atoms with van der Waals surface area (Å²) in [5.74, 6) is 2.13. The summed E-state index contributed by atoms with van der Waals surface area (Å²) in [7, 11) is 0. The Kier molecular flexibility index (Phi) is 39.7. The third-order valence-electron chi connectivity index (χ3n) is 14.2. The monoisotopic (exact) mass is 1250 g/mol. The van der Waals surface area contributed by atoms with Crippen LogP contribution in [0.25, 0.3) is 0 Å². The molecule has 0 radical (unpaired) electrons. The van der Waals surface area contributed by atoms with Crippen molar-refractivity contribution in [1.82, 2.24) is 0 Å². The number of aliphatic carboxylic acids is 4. The van der Waals surface area contributed by atoms with E-state index in [1.54, 1.807) is 0 Å². The van der Waals surface area contributed by atoms with E-state index in [-0.39, 0.29) is 25.7 Å². The summed E-state index contributed by atoms with van der Waals surface area (Å²) in [6, 6.07) is 15.7. The number of aliphatic hydroxyl groups is 4. The largest absolute Gasteiger partial charge is 0.507 e. The zero-order chi connectivity index (χ0) is 68.5. The Morgan fingerprint density at radius 3 is 0.483 bits per heavy atom. The number of phenolic OH excluding ortho intramolecular Hbond substituents is 4. The van der Waals surface area contributed by atoms with Gasteiger partial charge in [0, 0.05) is 25.7 Å². The van der Waals surface area contributed by atoms with Crippen molar-refractivity contribution in [3.63, 3.8) is 0 Å². The van der Waals surface area contributed by atoms with E-state index in [4.69, 9.17) is 40.9 Å². The minimum absolute atomic E-state index is 0.132. The van der Waals surface area contributed by atoms with E-state index in [1.807, 2.05) is 48.5 Å². The smallest absolute Gasteiger partial charge is 0.303 e. The van der Waals surface area contributed by atoms with Crippen LogP contribution in [0.1, 0.15) is 203 Å². The number of carbonyl (C=O) groups is 4. The first-order chi connectivity index (χ1) is 41.4. The molecule has 0 fully saturated rings. The molecule has 89 heavy (non-hydrogen) atoms. The minimum Gasteiger partial charge on any atom is -0.507 e. The number of phenols is 4. The van der Waals surface area contributed by atoms with Crippen LogP contribution < -0.4 is 0 Å². The lowest BCUT2D eigenvalue weighted by atomic mass is 9.92. The highest BCUT2D eigenvalue weighted by molar-refractivity contribution is 5.68. The van der Waals surface area contributed by atoms with E-state index in [0.29, 0.717) is 96.0 Å². The van der Waals surface area contributed by atoms with E-state index in [9.17, 15) is 39.6 Å². The van der Waals surface area contributed by atoms with Crippen LogP contribution in [0.5, 0.6) is 23.0 Å². The van der Waals surface area contributed by atoms with Crippen molar-refractivity contribution in [2.45, 2.75) is 214 Å². The predicted octanol–water partition coefficient (Wildman–Crippen LogP) is 13.2. The Labute approximate surface area is 533 Å². The number of hydrogen-bond acceptors (Lipinski definition) is 12. The second-order valence-corrected chi connectivity index (χ2v) is 27.5. The lowest BCUT2D eigenvalue weighted by Crippen LogP contribution is -2.37. The number of aliphatic hydroxyl groups excluding tert-OH is 4. The van der Waals surface area contributed by atoms with E-state index in [2.05, 4.69) is 111 Å². The van der Waals surface area contributed by atoms with Crippen molar-refractivity contribution in [3.8, 4) is 23.0 Å². The van der Waals surface area contributed by atoms with Gasteiger partial charge in [0.15, 0.2) is 0 Å². The number of benzene rings is 4. The van der Waals surface area contributed by atoms with Gasteiger partial charge in [0.05, 0.1) is 31.8 Å². The van der Waals surface area contributed by atoms with E-state index >= 15 is 0 Å². The van der Waals surface area contributed by atoms with Crippen molar-refractivity contribution in [2.75, 3.05) is 26.4 Å². The lowest BCUT2D eigenvalue weighted by Gasteiger charge is -2.23. The molecule has 12 N–H and O–H groups in total. The Morgan fingerprint density at radius 2 is 0.404 bits per heavy atom. The standard InChI is InChI=1S/4C17H26O3.C5H12O4/c4*1-11(2)7-14-9-13(5-6-16(18)19)10-15(17(14)20)8-12(3)4;6-1-5(2-7,3-8)4-9/h4*9-12,20H,5-8H2,1-4H3,(H,18,19);6-9H,1-4H2. The van der Waals surface area contributed by atoms with E-state index in [1.165, 1.54) is 0 Å². The highest BCUT2D eigenvalue weighted by Crippen LogP contribution is 2.34. The second kappa shape index (κ2) is 42.7. The van der Waals surface area contributed by atoms with Gasteiger partial charge in [0.25, 0.3) is 0 Å². The maximum absolute atomic E-state index is 10.7. The van der Waals surface area contributed by atoms with Gasteiger partial charge in [-0.2, -0.15) is 0 Å². The van der Waals surface area contributed by atoms with E-state index in [0.717, 1.165) is 118 Å². The molecule has 16 nitrogen and oxygen atoms in total. The summed E-state index contributed by atoms with van der Waals surface area (Å²) in [6.07, 6.45) is 9.14. The molecule has 4 rings (SSSR count). The second-order valence-electron chi connectivity index (χ2n) is 27.5. The van der Waals surface area contributed by atoms with Crippen LogP contribution in [-0.4, -0.2) is 112 Å². The molecule has 0 amide bonds. The van der Waals surface area contributed by atoms with Crippen LogP contribution in [0.2, 0.25) is 0 Å². The molecule has 0 saturated carbocycles. The van der Waals surface area contributed by atoms with Crippen LogP contribution in [0.3, 0.4) is 0 Å². The van der Waals surface area contributed by atoms with Gasteiger partial charge in [-0.3, -0.25) is 19.2 Å². The molecule has 0 aliphatic rings. The van der Waals surface area contributed by atoms with Gasteiger partial charge in [-0.05, 0) is 191 Å². The van der Waals surface area contributed by atoms with Gasteiger partial charge >= 0.3 is 23.9 Å². The summed E-state index contributed by atoms with van der Waals surface area (Å²) in [5.41, 5.74) is 10.5. The first-order valence-electron chi connectivity index (χ1n) is 32.1. The number of hydrogen-bond donors (Lipinski definition) is 12. The zero-order valence-corrected chi connectivity index (χ0v) is 56.9. The quantitative estimate of drug-likeness (QED) is 0.0216. The Balaban J connectivity index is 0.00000111. The Morgan fingerprint density at radius 1 is 0.281 bits per heavy atom. The third-order valence-corrected chi connectivity index (χ3v) is 14.2. The maximum atomic E-state index is 10.7. The highest BCUT2D eigenvalue weighted by atomic mass is 16.4. The molecule has 0 atom stereocenters. The van der Waals surface area contributed by atoms with Crippen LogP contribution in [-0.2, 0) is 96.2 Å². The zero-order valence-electron chi connectivity index (χ0n) is 56.9. The van der Waals surface area contributed by atoms with Gasteiger partial charge in [-0.25, -0.2) is 0 Å². The van der Waals surface area contributed by atoms with Crippen LogP contribution in [0.15, 0.2) is 48.5 Å². The molecule has 0 aromatic heterocycles. The SMILES string of the molecule is CC(C)Cc1cc(CCC(=O)O)cc(CC(C)C)c1O.CC(C)Cc1cc(CCC(=O)O)cc(CC(C)C)c1O.CC(C)Cc1cc(CCC(=O)O)cc(CC(C)C)c1O.CC(C)Cc1cc(CCC(=O)O)cc(CC(C)C)c1O.OCC(CO)(CO)CO. The summed E-state index contributed by atoms with van der Waals surface area (Å²) in [4.78, 5) is 42.9. The molecule has 0 unspecified atom stereocenters. The van der Waals surface area contributed by atoms with Crippen LogP contribution in [0.4, 0.5) is 0 Å². The van der Waals surface area contributed by atoms with Crippen LogP contribution in [0, 0.1) is 52.8 Å². The van der Waals surface area contributed by atoms with Gasteiger partial charge in [0.2, 0.25) is 0 Å². The Hall–Kier alpha value is -6.20. The van der Waals surface area contributed by atoms with Gasteiger partial charge in [-0.15, -0.1) is 0 Å². The minimum atomic E-state index is -1.11. The first-order valence-corrected chi connectivity index (χ1v) is 32.1. The summed E-state index contributed by atoms with van der Waals surface area (Å²) in [5, 5.41) is 111. The van der Waals surface area contributed by atoms with Gasteiger partial charge in [0.1, 0.15) is 23.0 Å². The van der Waals surface area contributed by atoms with E-state index < -0.39 is 55.7 Å². The Bertz CT molecular complexity index is 2240. The fourth-order valence-corrected chi connectivity index (χ4v) is 9.97. The van der Waals surface area contributed by atoms with Crippen LogP contribution >= 0.6 is 0 Å². The summed E-state index contributed by atoms with van der Waals surface area (Å²) in [6.45, 7) is 32.2. The molecule has 0 bridgehead atoms. The van der Waals surface area contributed by atoms with Gasteiger partial charge in [-0.1, -0.05) is 159 Å². The fourth-order valence-electron chi connectivity index (χ4n) is 9.97. The number of rotatable bonds is 32. The normalized spacial score (nSPS) is 11.4. The number of aryl methyl sites for hydroxylation is 4. The third kappa shape index (κ3) is 35.1. The molecule has 0 aliphatic carbocycles. The molecular weight excluding hydrogens is 1130 g/mol. The molecule has 16 heteroatoms. The molecule has 4 aromatic carbocycles. The van der Waals surface area contributed by atoms with Crippen molar-refractivity contribution in [3.05, 3.63) is 115 Å². The topological polar surface area (TPSA) is 311 Å². The number of carboxylic acid groups (broad SMARTS) is 4. The lowest BCUT2D eigenvalue weighted by molar-refractivity contribution is -0.138. The summed E-state index contributed by atoms with van der Waals surface area (Å²) < 4.78 is 0. The predicted molar refractivity (Wildman–Crippen MR) is 355 cm³/mol. The number of carboxylic acids is 4. The molecule has 0 spiro atoms.